The Morgan fingerprint density at radius 1 is 1.10 bits per heavy atom. The summed E-state index contributed by atoms with van der Waals surface area (Å²) in [7, 11) is 1.33. The molecule has 0 saturated carbocycles. The van der Waals surface area contributed by atoms with Crippen LogP contribution < -0.4 is 14.2 Å². The van der Waals surface area contributed by atoms with Gasteiger partial charge in [-0.05, 0) is 84.7 Å². The van der Waals surface area contributed by atoms with Crippen LogP contribution in [-0.4, -0.2) is 30.8 Å². The molecule has 3 aromatic rings. The summed E-state index contributed by atoms with van der Waals surface area (Å²) < 4.78 is 22.6. The van der Waals surface area contributed by atoms with Crippen molar-refractivity contribution in [2.75, 3.05) is 13.7 Å². The Labute approximate surface area is 194 Å². The van der Waals surface area contributed by atoms with E-state index in [9.17, 15) is 4.79 Å². The zero-order chi connectivity index (χ0) is 22.4. The van der Waals surface area contributed by atoms with Gasteiger partial charge in [0.15, 0.2) is 6.61 Å². The van der Waals surface area contributed by atoms with E-state index in [1.807, 2.05) is 51.1 Å². The second-order valence-electron chi connectivity index (χ2n) is 7.00. The molecule has 0 aliphatic rings. The Bertz CT molecular complexity index is 1030. The highest BCUT2D eigenvalue weighted by Crippen LogP contribution is 2.34. The lowest BCUT2D eigenvalue weighted by Gasteiger charge is -2.10. The minimum absolute atomic E-state index is 0.127. The topological polar surface area (TPSA) is 66.9 Å². The number of rotatable bonds is 9. The van der Waals surface area contributed by atoms with Crippen LogP contribution in [0.4, 0.5) is 0 Å². The smallest absolute Gasteiger partial charge is 0.343 e. The van der Waals surface area contributed by atoms with Crippen LogP contribution in [0.2, 0.25) is 0 Å². The number of esters is 1. The summed E-state index contributed by atoms with van der Waals surface area (Å²) in [6, 6.07) is 13.3. The summed E-state index contributed by atoms with van der Waals surface area (Å²) in [4.78, 5) is 15.9. The molecule has 1 heterocycles. The minimum Gasteiger partial charge on any atom is -0.491 e. The summed E-state index contributed by atoms with van der Waals surface area (Å²) in [5, 5.41) is 0.855. The predicted molar refractivity (Wildman–Crippen MR) is 124 cm³/mol. The number of hydrogen-bond donors (Lipinski definition) is 0. The van der Waals surface area contributed by atoms with E-state index in [4.69, 9.17) is 19.2 Å². The average Bonchev–Trinajstić information content (AvgIpc) is 3.12. The molecule has 1 aromatic heterocycles. The van der Waals surface area contributed by atoms with Crippen molar-refractivity contribution in [3.05, 3.63) is 56.8 Å². The van der Waals surface area contributed by atoms with Crippen LogP contribution in [0.5, 0.6) is 17.2 Å². The molecule has 8 heteroatoms. The number of methoxy groups -OCH3 is 1. The molecule has 0 bridgehead atoms. The van der Waals surface area contributed by atoms with Crippen LogP contribution in [0.15, 0.2) is 46.3 Å². The third-order valence-corrected chi connectivity index (χ3v) is 5.89. The number of aryl methyl sites for hydroxylation is 1. The van der Waals surface area contributed by atoms with Crippen molar-refractivity contribution in [3.63, 3.8) is 0 Å². The van der Waals surface area contributed by atoms with Crippen LogP contribution >= 0.6 is 27.3 Å². The minimum atomic E-state index is -0.424. The first-order valence-corrected chi connectivity index (χ1v) is 11.3. The fourth-order valence-electron chi connectivity index (χ4n) is 2.76. The average molecular weight is 506 g/mol. The second kappa shape index (κ2) is 10.6. The molecule has 6 nitrogen and oxygen atoms in total. The number of halogens is 1. The third-order valence-electron chi connectivity index (χ3n) is 4.21. The molecule has 0 aliphatic heterocycles. The Hall–Kier alpha value is -2.58. The predicted octanol–water partition coefficient (Wildman–Crippen LogP) is 5.80. The number of thiazole rings is 1. The summed E-state index contributed by atoms with van der Waals surface area (Å²) in [6.07, 6.45) is 0.137. The summed E-state index contributed by atoms with van der Waals surface area (Å²) in [6.45, 7) is 6.12. The Morgan fingerprint density at radius 3 is 2.45 bits per heavy atom. The molecular weight excluding hydrogens is 482 g/mol. The fraction of sp³-hybridized carbons (Fsp3) is 0.304. The fourth-order valence-corrected chi connectivity index (χ4v) is 4.36. The summed E-state index contributed by atoms with van der Waals surface area (Å²) in [5.41, 5.74) is 2.75. The van der Waals surface area contributed by atoms with Gasteiger partial charge in [-0.3, -0.25) is 0 Å². The summed E-state index contributed by atoms with van der Waals surface area (Å²) in [5.74, 6) is 1.72. The lowest BCUT2D eigenvalue weighted by molar-refractivity contribution is -0.142. The molecule has 2 aromatic carbocycles. The lowest BCUT2D eigenvalue weighted by atomic mass is 10.2. The molecular formula is C23H24BrNO5S. The van der Waals surface area contributed by atoms with Gasteiger partial charge in [-0.25, -0.2) is 9.78 Å². The first kappa shape index (κ1) is 23.1. The number of aromatic nitrogens is 1. The van der Waals surface area contributed by atoms with Gasteiger partial charge < -0.3 is 18.9 Å². The van der Waals surface area contributed by atoms with Crippen molar-refractivity contribution in [2.45, 2.75) is 33.5 Å². The second-order valence-corrected chi connectivity index (χ2v) is 9.40. The SMILES string of the molecule is COC(=O)COc1ccc(OCc2nc(-c3ccc(OC(C)C)cc3)c(Br)s2)cc1C. The van der Waals surface area contributed by atoms with Crippen LogP contribution in [0, 0.1) is 6.92 Å². The molecule has 164 valence electrons. The lowest BCUT2D eigenvalue weighted by Crippen LogP contribution is -2.13. The number of nitrogens with zero attached hydrogens (tertiary/aromatic N) is 1. The zero-order valence-corrected chi connectivity index (χ0v) is 20.2. The maximum atomic E-state index is 11.2. The molecule has 0 saturated heterocycles. The highest BCUT2D eigenvalue weighted by atomic mass is 79.9. The Balaban J connectivity index is 1.63. The van der Waals surface area contributed by atoms with Crippen molar-refractivity contribution in [1.82, 2.24) is 4.98 Å². The van der Waals surface area contributed by atoms with E-state index in [-0.39, 0.29) is 12.7 Å². The van der Waals surface area contributed by atoms with Crippen LogP contribution in [0.1, 0.15) is 24.4 Å². The van der Waals surface area contributed by atoms with E-state index in [2.05, 4.69) is 20.7 Å². The Kier molecular flexibility index (Phi) is 7.92. The van der Waals surface area contributed by atoms with Gasteiger partial charge in [0.25, 0.3) is 0 Å². The van der Waals surface area contributed by atoms with E-state index < -0.39 is 5.97 Å². The number of hydrogen-bond acceptors (Lipinski definition) is 7. The molecule has 0 fully saturated rings. The Morgan fingerprint density at radius 2 is 1.81 bits per heavy atom. The first-order valence-electron chi connectivity index (χ1n) is 9.71. The van der Waals surface area contributed by atoms with Crippen LogP contribution in [0.3, 0.4) is 0 Å². The van der Waals surface area contributed by atoms with E-state index in [1.165, 1.54) is 18.4 Å². The molecule has 0 radical (unpaired) electrons. The van der Waals surface area contributed by atoms with Gasteiger partial charge in [0.1, 0.15) is 28.9 Å². The van der Waals surface area contributed by atoms with Gasteiger partial charge in [-0.15, -0.1) is 11.3 Å². The van der Waals surface area contributed by atoms with Gasteiger partial charge in [-0.1, -0.05) is 0 Å². The van der Waals surface area contributed by atoms with Gasteiger partial charge in [0.05, 0.1) is 22.7 Å². The highest BCUT2D eigenvalue weighted by molar-refractivity contribution is 9.11. The van der Waals surface area contributed by atoms with Gasteiger partial charge in [-0.2, -0.15) is 0 Å². The van der Waals surface area contributed by atoms with E-state index in [1.54, 1.807) is 12.1 Å². The van der Waals surface area contributed by atoms with Crippen molar-refractivity contribution >= 4 is 33.2 Å². The van der Waals surface area contributed by atoms with E-state index in [0.29, 0.717) is 18.1 Å². The maximum Gasteiger partial charge on any atom is 0.343 e. The first-order chi connectivity index (χ1) is 14.9. The molecule has 0 N–H and O–H groups in total. The number of benzene rings is 2. The van der Waals surface area contributed by atoms with E-state index in [0.717, 1.165) is 31.4 Å². The summed E-state index contributed by atoms with van der Waals surface area (Å²) >= 11 is 5.15. The highest BCUT2D eigenvalue weighted by Gasteiger charge is 2.13. The van der Waals surface area contributed by atoms with Gasteiger partial charge >= 0.3 is 5.97 Å². The number of carbonyl (C=O) groups excluding carboxylic acids is 1. The van der Waals surface area contributed by atoms with Gasteiger partial charge in [0.2, 0.25) is 0 Å². The quantitative estimate of drug-likeness (QED) is 0.342. The third kappa shape index (κ3) is 6.45. The number of ether oxygens (including phenoxy) is 4. The monoisotopic (exact) mass is 505 g/mol. The standard InChI is InChI=1S/C23H24BrNO5S/c1-14(2)30-17-7-5-16(6-8-17)22-23(24)31-20(25-22)12-28-18-9-10-19(15(3)11-18)29-13-21(26)27-4/h5-11,14H,12-13H2,1-4H3. The van der Waals surface area contributed by atoms with Crippen molar-refractivity contribution < 1.29 is 23.7 Å². The van der Waals surface area contributed by atoms with Crippen molar-refractivity contribution in [2.24, 2.45) is 0 Å². The van der Waals surface area contributed by atoms with Crippen LogP contribution in [-0.2, 0) is 16.1 Å². The van der Waals surface area contributed by atoms with Crippen molar-refractivity contribution in [3.8, 4) is 28.5 Å². The molecule has 0 aliphatic carbocycles. The molecule has 0 atom stereocenters. The molecule has 31 heavy (non-hydrogen) atoms. The normalized spacial score (nSPS) is 10.8. The van der Waals surface area contributed by atoms with Gasteiger partial charge in [0, 0.05) is 5.56 Å². The largest absolute Gasteiger partial charge is 0.491 e. The van der Waals surface area contributed by atoms with Crippen LogP contribution in [0.25, 0.3) is 11.3 Å². The zero-order valence-electron chi connectivity index (χ0n) is 17.8. The maximum absolute atomic E-state index is 11.2. The van der Waals surface area contributed by atoms with E-state index >= 15 is 0 Å². The number of carbonyl (C=O) groups is 1. The molecule has 0 amide bonds. The molecule has 0 spiro atoms. The van der Waals surface area contributed by atoms with Crippen molar-refractivity contribution in [1.29, 1.82) is 0 Å². The molecule has 3 rings (SSSR count). The molecule has 0 unspecified atom stereocenters.